The van der Waals surface area contributed by atoms with Gasteiger partial charge in [-0.2, -0.15) is 0 Å². The topological polar surface area (TPSA) is 42.1 Å². The number of carbonyl (C=O) groups is 1. The number of aromatic nitrogens is 1. The van der Waals surface area contributed by atoms with Gasteiger partial charge in [0.1, 0.15) is 10.8 Å². The molecular weight excluding hydrogens is 189 g/mol. The van der Waals surface area contributed by atoms with Gasteiger partial charge in [-0.25, -0.2) is 4.79 Å². The van der Waals surface area contributed by atoms with E-state index in [1.54, 1.807) is 0 Å². The molecule has 11 heavy (non-hydrogen) atoms. The Labute approximate surface area is 73.3 Å². The minimum absolute atomic E-state index is 0.243. The summed E-state index contributed by atoms with van der Waals surface area (Å²) in [5.41, 5.74) is 0.252. The fourth-order valence-electron chi connectivity index (χ4n) is 0.624. The Kier molecular flexibility index (Phi) is 2.42. The Bertz CT molecular complexity index is 263. The summed E-state index contributed by atoms with van der Waals surface area (Å²) in [6.45, 7) is 0. The molecule has 0 aliphatic rings. The molecule has 0 saturated heterocycles. The van der Waals surface area contributed by atoms with Gasteiger partial charge in [-0.3, -0.25) is 0 Å². The van der Waals surface area contributed by atoms with Gasteiger partial charge >= 0.3 is 5.97 Å². The second-order valence-electron chi connectivity index (χ2n) is 1.84. The van der Waals surface area contributed by atoms with Crippen molar-refractivity contribution in [3.8, 4) is 0 Å². The maximum absolute atomic E-state index is 10.8. The van der Waals surface area contributed by atoms with Crippen molar-refractivity contribution in [2.45, 2.75) is 0 Å². The summed E-state index contributed by atoms with van der Waals surface area (Å²) in [4.78, 5) is 13.4. The quantitative estimate of drug-likeness (QED) is 0.695. The molecule has 0 unspecified atom stereocenters. The van der Waals surface area contributed by atoms with Crippen molar-refractivity contribution in [1.82, 2.24) is 4.98 Å². The summed E-state index contributed by atoms with van der Waals surface area (Å²) in [7, 11) is 1.28. The lowest BCUT2D eigenvalue weighted by Gasteiger charge is -1.91. The summed E-state index contributed by atoms with van der Waals surface area (Å²) in [5.74, 6) is -0.487. The third-order valence-electron chi connectivity index (χ3n) is 1.13. The van der Waals surface area contributed by atoms with Gasteiger partial charge in [-0.15, -0.1) is 0 Å². The van der Waals surface area contributed by atoms with Crippen LogP contribution in [0.15, 0.2) is 6.07 Å². The fraction of sp³-hybridized carbons (Fsp3) is 0.167. The van der Waals surface area contributed by atoms with Crippen molar-refractivity contribution in [2.75, 3.05) is 7.11 Å². The van der Waals surface area contributed by atoms with Crippen LogP contribution in [0.1, 0.15) is 10.5 Å². The highest BCUT2D eigenvalue weighted by Crippen LogP contribution is 2.21. The number of methoxy groups -OCH3 is 1. The van der Waals surface area contributed by atoms with Crippen molar-refractivity contribution in [1.29, 1.82) is 0 Å². The number of H-pyrrole nitrogens is 1. The highest BCUT2D eigenvalue weighted by molar-refractivity contribution is 6.41. The van der Waals surface area contributed by atoms with Gasteiger partial charge in [-0.1, -0.05) is 23.2 Å². The molecule has 3 nitrogen and oxygen atoms in total. The van der Waals surface area contributed by atoms with Crippen LogP contribution in [0.4, 0.5) is 0 Å². The molecule has 1 N–H and O–H groups in total. The number of nitrogens with one attached hydrogen (secondary N) is 1. The number of aromatic amines is 1. The molecule has 0 atom stereocenters. The van der Waals surface area contributed by atoms with Crippen molar-refractivity contribution in [3.63, 3.8) is 0 Å². The number of ether oxygens (including phenoxy) is 1. The smallest absolute Gasteiger partial charge is 0.354 e. The zero-order valence-electron chi connectivity index (χ0n) is 5.65. The van der Waals surface area contributed by atoms with Gasteiger partial charge in [0.15, 0.2) is 0 Å². The van der Waals surface area contributed by atoms with Crippen LogP contribution in [-0.2, 0) is 4.74 Å². The fourth-order valence-corrected chi connectivity index (χ4v) is 0.937. The molecule has 1 heterocycles. The van der Waals surface area contributed by atoms with Crippen LogP contribution in [0.5, 0.6) is 0 Å². The summed E-state index contributed by atoms with van der Waals surface area (Å²) >= 11 is 11.1. The van der Waals surface area contributed by atoms with Gasteiger partial charge in [0.05, 0.1) is 12.1 Å². The predicted molar refractivity (Wildman–Crippen MR) is 42.2 cm³/mol. The molecule has 0 fully saturated rings. The molecule has 0 spiro atoms. The largest absolute Gasteiger partial charge is 0.464 e. The van der Waals surface area contributed by atoms with E-state index < -0.39 is 5.97 Å². The Morgan fingerprint density at radius 2 is 2.27 bits per heavy atom. The average molecular weight is 194 g/mol. The van der Waals surface area contributed by atoms with E-state index in [1.165, 1.54) is 13.2 Å². The molecule has 1 aromatic rings. The number of hydrogen-bond acceptors (Lipinski definition) is 2. The lowest BCUT2D eigenvalue weighted by Crippen LogP contribution is -2.00. The molecule has 0 bridgehead atoms. The van der Waals surface area contributed by atoms with E-state index in [0.717, 1.165) is 0 Å². The molecule has 0 aliphatic heterocycles. The number of halogens is 2. The van der Waals surface area contributed by atoms with E-state index in [-0.39, 0.29) is 10.8 Å². The Hall–Kier alpha value is -0.670. The van der Waals surface area contributed by atoms with E-state index in [4.69, 9.17) is 23.2 Å². The highest BCUT2D eigenvalue weighted by Gasteiger charge is 2.10. The Morgan fingerprint density at radius 1 is 1.64 bits per heavy atom. The van der Waals surface area contributed by atoms with Gasteiger partial charge in [0.2, 0.25) is 0 Å². The van der Waals surface area contributed by atoms with Crippen molar-refractivity contribution in [2.24, 2.45) is 0 Å². The zero-order valence-corrected chi connectivity index (χ0v) is 7.16. The molecule has 0 saturated carbocycles. The number of hydrogen-bond donors (Lipinski definition) is 1. The second-order valence-corrected chi connectivity index (χ2v) is 2.62. The van der Waals surface area contributed by atoms with Gasteiger partial charge < -0.3 is 9.72 Å². The molecular formula is C6H5Cl2NO2. The second kappa shape index (κ2) is 3.15. The third-order valence-corrected chi connectivity index (χ3v) is 1.82. The van der Waals surface area contributed by atoms with E-state index >= 15 is 0 Å². The Balaban J connectivity index is 2.97. The van der Waals surface area contributed by atoms with Gasteiger partial charge in [0.25, 0.3) is 0 Å². The number of esters is 1. The minimum atomic E-state index is -0.487. The van der Waals surface area contributed by atoms with E-state index in [0.29, 0.717) is 5.02 Å². The summed E-state index contributed by atoms with van der Waals surface area (Å²) in [6.07, 6.45) is 0. The lowest BCUT2D eigenvalue weighted by atomic mass is 10.4. The van der Waals surface area contributed by atoms with Crippen molar-refractivity contribution >= 4 is 29.2 Å². The first kappa shape index (κ1) is 8.43. The zero-order chi connectivity index (χ0) is 8.43. The maximum atomic E-state index is 10.8. The molecule has 0 aromatic carbocycles. The third kappa shape index (κ3) is 1.67. The van der Waals surface area contributed by atoms with Crippen LogP contribution < -0.4 is 0 Å². The molecule has 5 heteroatoms. The maximum Gasteiger partial charge on any atom is 0.354 e. The summed E-state index contributed by atoms with van der Waals surface area (Å²) in [5, 5.41) is 0.555. The van der Waals surface area contributed by atoms with E-state index in [1.807, 2.05) is 0 Å². The van der Waals surface area contributed by atoms with Crippen LogP contribution in [0.3, 0.4) is 0 Å². The standard InChI is InChI=1S/C6H5Cl2NO2/c1-11-6(10)4-2-3(7)5(8)9-4/h2,9H,1H3. The first-order valence-electron chi connectivity index (χ1n) is 2.77. The van der Waals surface area contributed by atoms with Crippen LogP contribution >= 0.6 is 23.2 Å². The molecule has 0 radical (unpaired) electrons. The van der Waals surface area contributed by atoms with Gasteiger partial charge in [-0.05, 0) is 6.07 Å². The predicted octanol–water partition coefficient (Wildman–Crippen LogP) is 2.11. The molecule has 0 aliphatic carbocycles. The SMILES string of the molecule is COC(=O)c1cc(Cl)c(Cl)[nH]1. The van der Waals surface area contributed by atoms with Crippen LogP contribution in [0.25, 0.3) is 0 Å². The number of rotatable bonds is 1. The van der Waals surface area contributed by atoms with Crippen LogP contribution in [-0.4, -0.2) is 18.1 Å². The first-order valence-corrected chi connectivity index (χ1v) is 3.53. The average Bonchev–Trinajstić information content (AvgIpc) is 2.31. The van der Waals surface area contributed by atoms with Crippen molar-refractivity contribution < 1.29 is 9.53 Å². The molecule has 0 amide bonds. The Morgan fingerprint density at radius 3 is 2.64 bits per heavy atom. The molecule has 1 aromatic heterocycles. The monoisotopic (exact) mass is 193 g/mol. The first-order chi connectivity index (χ1) is 5.15. The summed E-state index contributed by atoms with van der Waals surface area (Å²) in [6, 6.07) is 1.41. The van der Waals surface area contributed by atoms with E-state index in [9.17, 15) is 4.79 Å². The van der Waals surface area contributed by atoms with Crippen LogP contribution in [0.2, 0.25) is 10.2 Å². The summed E-state index contributed by atoms with van der Waals surface area (Å²) < 4.78 is 4.42. The normalized spacial score (nSPS) is 9.73. The van der Waals surface area contributed by atoms with Crippen molar-refractivity contribution in [3.05, 3.63) is 21.9 Å². The molecule has 60 valence electrons. The molecule has 1 rings (SSSR count). The highest BCUT2D eigenvalue weighted by atomic mass is 35.5. The minimum Gasteiger partial charge on any atom is -0.464 e. The van der Waals surface area contributed by atoms with Gasteiger partial charge in [0, 0.05) is 0 Å². The van der Waals surface area contributed by atoms with E-state index in [2.05, 4.69) is 9.72 Å². The lowest BCUT2D eigenvalue weighted by molar-refractivity contribution is 0.0595. The number of carbonyl (C=O) groups excluding carboxylic acids is 1. The van der Waals surface area contributed by atoms with Crippen LogP contribution in [0, 0.1) is 0 Å².